The summed E-state index contributed by atoms with van der Waals surface area (Å²) >= 11 is 3.55. The average molecular weight is 336 g/mol. The first-order valence-corrected chi connectivity index (χ1v) is 7.75. The molecule has 4 heteroatoms. The maximum Gasteiger partial charge on any atom is 0.0643 e. The summed E-state index contributed by atoms with van der Waals surface area (Å²) in [6.45, 7) is 8.49. The second-order valence-electron chi connectivity index (χ2n) is 6.27. The van der Waals surface area contributed by atoms with E-state index >= 15 is 0 Å². The molecule has 1 aromatic rings. The lowest BCUT2D eigenvalue weighted by molar-refractivity contribution is 0.115. The maximum absolute atomic E-state index is 9.10. The summed E-state index contributed by atoms with van der Waals surface area (Å²) in [5, 5.41) is 9.10. The molecule has 0 spiro atoms. The second-order valence-corrected chi connectivity index (χ2v) is 7.12. The number of halogens is 1. The Kier molecular flexibility index (Phi) is 4.41. The molecular weight excluding hydrogens is 314 g/mol. The van der Waals surface area contributed by atoms with Gasteiger partial charge in [-0.2, -0.15) is 5.26 Å². The molecule has 3 nitrogen and oxygen atoms in total. The molecule has 2 rings (SSSR count). The third-order valence-corrected chi connectivity index (χ3v) is 5.21. The topological polar surface area (TPSA) is 30.3 Å². The SMILES string of the molecule is Cc1cc(N2CC(C)(C)N(C)CC2CC#N)ccc1Br. The Hall–Kier alpha value is -1.05. The quantitative estimate of drug-likeness (QED) is 0.827. The molecule has 0 radical (unpaired) electrons. The minimum absolute atomic E-state index is 0.118. The van der Waals surface area contributed by atoms with Crippen molar-refractivity contribution in [2.45, 2.75) is 38.8 Å². The average Bonchev–Trinajstić information content (AvgIpc) is 2.37. The lowest BCUT2D eigenvalue weighted by Crippen LogP contribution is -2.62. The fraction of sp³-hybridized carbons (Fsp3) is 0.562. The van der Waals surface area contributed by atoms with Gasteiger partial charge in [0, 0.05) is 28.8 Å². The predicted molar refractivity (Wildman–Crippen MR) is 87.0 cm³/mol. The number of rotatable bonds is 2. The number of hydrogen-bond donors (Lipinski definition) is 0. The second kappa shape index (κ2) is 5.75. The summed E-state index contributed by atoms with van der Waals surface area (Å²) < 4.78 is 1.13. The number of nitrogens with zero attached hydrogens (tertiary/aromatic N) is 3. The van der Waals surface area contributed by atoms with Crippen molar-refractivity contribution in [3.8, 4) is 6.07 Å². The highest BCUT2D eigenvalue weighted by Gasteiger charge is 2.36. The number of likely N-dealkylation sites (N-methyl/N-ethyl adjacent to an activating group) is 1. The van der Waals surface area contributed by atoms with Crippen LogP contribution < -0.4 is 4.90 Å². The highest BCUT2D eigenvalue weighted by Crippen LogP contribution is 2.31. The van der Waals surface area contributed by atoms with Crippen LogP contribution in [0.25, 0.3) is 0 Å². The Morgan fingerprint density at radius 1 is 1.45 bits per heavy atom. The van der Waals surface area contributed by atoms with Crippen LogP contribution in [0.3, 0.4) is 0 Å². The maximum atomic E-state index is 9.10. The number of aryl methyl sites for hydroxylation is 1. The van der Waals surface area contributed by atoms with Crippen molar-refractivity contribution in [1.29, 1.82) is 5.26 Å². The van der Waals surface area contributed by atoms with Gasteiger partial charge < -0.3 is 4.90 Å². The van der Waals surface area contributed by atoms with Gasteiger partial charge in [0.25, 0.3) is 0 Å². The summed E-state index contributed by atoms with van der Waals surface area (Å²) in [5.74, 6) is 0. The molecule has 0 bridgehead atoms. The van der Waals surface area contributed by atoms with Crippen molar-refractivity contribution in [2.24, 2.45) is 0 Å². The molecule has 0 N–H and O–H groups in total. The zero-order valence-corrected chi connectivity index (χ0v) is 14.2. The Morgan fingerprint density at radius 2 is 2.15 bits per heavy atom. The monoisotopic (exact) mass is 335 g/mol. The third-order valence-electron chi connectivity index (χ3n) is 4.32. The molecule has 1 heterocycles. The number of piperazine rings is 1. The minimum Gasteiger partial charge on any atom is -0.364 e. The summed E-state index contributed by atoms with van der Waals surface area (Å²) in [5.41, 5.74) is 2.56. The number of hydrogen-bond acceptors (Lipinski definition) is 3. The highest BCUT2D eigenvalue weighted by molar-refractivity contribution is 9.10. The van der Waals surface area contributed by atoms with Crippen molar-refractivity contribution in [2.75, 3.05) is 25.0 Å². The molecule has 108 valence electrons. The van der Waals surface area contributed by atoms with Gasteiger partial charge in [-0.25, -0.2) is 0 Å². The van der Waals surface area contributed by atoms with Crippen LogP contribution in [-0.4, -0.2) is 36.6 Å². The number of nitriles is 1. The molecule has 0 aromatic heterocycles. The first kappa shape index (κ1) is 15.3. The van der Waals surface area contributed by atoms with Crippen LogP contribution >= 0.6 is 15.9 Å². The van der Waals surface area contributed by atoms with E-state index in [1.165, 1.54) is 11.3 Å². The molecule has 20 heavy (non-hydrogen) atoms. The minimum atomic E-state index is 0.118. The molecule has 1 saturated heterocycles. The van der Waals surface area contributed by atoms with Crippen molar-refractivity contribution < 1.29 is 0 Å². The van der Waals surface area contributed by atoms with Crippen LogP contribution in [0.5, 0.6) is 0 Å². The summed E-state index contributed by atoms with van der Waals surface area (Å²) in [7, 11) is 2.15. The molecule has 1 aromatic carbocycles. The number of anilines is 1. The van der Waals surface area contributed by atoms with Crippen LogP contribution in [-0.2, 0) is 0 Å². The van der Waals surface area contributed by atoms with E-state index in [0.29, 0.717) is 6.42 Å². The van der Waals surface area contributed by atoms with Gasteiger partial charge in [0.1, 0.15) is 0 Å². The molecule has 1 aliphatic rings. The summed E-state index contributed by atoms with van der Waals surface area (Å²) in [4.78, 5) is 4.75. The normalized spacial score (nSPS) is 22.6. The first-order chi connectivity index (χ1) is 9.35. The summed E-state index contributed by atoms with van der Waals surface area (Å²) in [6, 6.07) is 9.04. The van der Waals surface area contributed by atoms with Gasteiger partial charge in [0.15, 0.2) is 0 Å². The van der Waals surface area contributed by atoms with E-state index in [9.17, 15) is 0 Å². The zero-order chi connectivity index (χ0) is 14.9. The number of benzene rings is 1. The van der Waals surface area contributed by atoms with E-state index in [2.05, 4.69) is 77.8 Å². The van der Waals surface area contributed by atoms with Gasteiger partial charge in [0.2, 0.25) is 0 Å². The van der Waals surface area contributed by atoms with E-state index in [4.69, 9.17) is 5.26 Å². The van der Waals surface area contributed by atoms with Crippen LogP contribution in [0, 0.1) is 18.3 Å². The Balaban J connectivity index is 2.34. The molecule has 0 amide bonds. The molecule has 1 atom stereocenters. The Labute approximate surface area is 130 Å². The van der Waals surface area contributed by atoms with Gasteiger partial charge in [-0.3, -0.25) is 4.90 Å². The lowest BCUT2D eigenvalue weighted by Gasteiger charge is -2.50. The molecular formula is C16H22BrN3. The Morgan fingerprint density at radius 3 is 2.75 bits per heavy atom. The van der Waals surface area contributed by atoms with Crippen molar-refractivity contribution in [3.63, 3.8) is 0 Å². The third kappa shape index (κ3) is 2.99. The standard InChI is InChI=1S/C16H22BrN3/c1-12-9-13(5-6-15(12)17)20-11-16(2,3)19(4)10-14(20)7-8-18/h5-6,9,14H,7,10-11H2,1-4H3. The van der Waals surface area contributed by atoms with Crippen LogP contribution in [0.4, 0.5) is 5.69 Å². The first-order valence-electron chi connectivity index (χ1n) is 6.96. The van der Waals surface area contributed by atoms with Crippen LogP contribution in [0.1, 0.15) is 25.8 Å². The molecule has 0 aliphatic carbocycles. The van der Waals surface area contributed by atoms with Crippen molar-refractivity contribution in [1.82, 2.24) is 4.90 Å². The van der Waals surface area contributed by atoms with Crippen molar-refractivity contribution in [3.05, 3.63) is 28.2 Å². The molecule has 0 saturated carbocycles. The molecule has 1 unspecified atom stereocenters. The van der Waals surface area contributed by atoms with Crippen molar-refractivity contribution >= 4 is 21.6 Å². The van der Waals surface area contributed by atoms with Crippen LogP contribution in [0.2, 0.25) is 0 Å². The fourth-order valence-corrected chi connectivity index (χ4v) is 2.96. The van der Waals surface area contributed by atoms with E-state index in [1.54, 1.807) is 0 Å². The smallest absolute Gasteiger partial charge is 0.0643 e. The van der Waals surface area contributed by atoms with Gasteiger partial charge in [-0.1, -0.05) is 15.9 Å². The summed E-state index contributed by atoms with van der Waals surface area (Å²) in [6.07, 6.45) is 0.565. The fourth-order valence-electron chi connectivity index (χ4n) is 2.72. The highest BCUT2D eigenvalue weighted by atomic mass is 79.9. The van der Waals surface area contributed by atoms with E-state index < -0.39 is 0 Å². The van der Waals surface area contributed by atoms with E-state index in [0.717, 1.165) is 17.6 Å². The van der Waals surface area contributed by atoms with E-state index in [-0.39, 0.29) is 11.6 Å². The van der Waals surface area contributed by atoms with Crippen LogP contribution in [0.15, 0.2) is 22.7 Å². The Bertz CT molecular complexity index is 533. The zero-order valence-electron chi connectivity index (χ0n) is 12.7. The predicted octanol–water partition coefficient (Wildman–Crippen LogP) is 3.57. The molecule has 1 fully saturated rings. The molecule has 1 aliphatic heterocycles. The van der Waals surface area contributed by atoms with Gasteiger partial charge >= 0.3 is 0 Å². The van der Waals surface area contributed by atoms with Gasteiger partial charge in [-0.05, 0) is 51.6 Å². The van der Waals surface area contributed by atoms with Gasteiger partial charge in [-0.15, -0.1) is 0 Å². The lowest BCUT2D eigenvalue weighted by atomic mass is 9.94. The van der Waals surface area contributed by atoms with Gasteiger partial charge in [0.05, 0.1) is 18.5 Å². The van der Waals surface area contributed by atoms with E-state index in [1.807, 2.05) is 0 Å². The largest absolute Gasteiger partial charge is 0.364 e.